The van der Waals surface area contributed by atoms with Gasteiger partial charge in [0.2, 0.25) is 17.7 Å². The van der Waals surface area contributed by atoms with Crippen molar-refractivity contribution in [2.24, 2.45) is 0 Å². The minimum atomic E-state index is -0.444. The second-order valence-electron chi connectivity index (χ2n) is 9.98. The van der Waals surface area contributed by atoms with Gasteiger partial charge in [0.1, 0.15) is 11.2 Å². The number of anilines is 2. The molecule has 44 heavy (non-hydrogen) atoms. The molecular weight excluding hydrogens is 671 g/mol. The predicted octanol–water partition coefficient (Wildman–Crippen LogP) is 5.91. The Kier molecular flexibility index (Phi) is 10.7. The number of carbonyl (C=O) groups is 3. The summed E-state index contributed by atoms with van der Waals surface area (Å²) in [5, 5.41) is 6.44. The smallest absolute Gasteiger partial charge is 0.246 e. The summed E-state index contributed by atoms with van der Waals surface area (Å²) in [4.78, 5) is 43.2. The van der Waals surface area contributed by atoms with Crippen molar-refractivity contribution in [3.8, 4) is 5.75 Å². The van der Waals surface area contributed by atoms with Crippen LogP contribution in [-0.2, 0) is 21.0 Å². The average molecular weight is 702 g/mol. The molecule has 3 amide bonds. The number of amides is 3. The lowest BCUT2D eigenvalue weighted by Crippen LogP contribution is -2.40. The lowest BCUT2D eigenvalue weighted by molar-refractivity contribution is -0.122. The van der Waals surface area contributed by atoms with E-state index in [4.69, 9.17) is 27.9 Å². The number of hydrogen-bond acceptors (Lipinski definition) is 6. The van der Waals surface area contributed by atoms with Crippen molar-refractivity contribution < 1.29 is 19.1 Å². The Hall–Kier alpha value is -3.90. The Morgan fingerprint density at radius 1 is 1.07 bits per heavy atom. The molecule has 2 aromatic carbocycles. The number of nitrogens with one attached hydrogen (secondary N) is 1. The van der Waals surface area contributed by atoms with Crippen molar-refractivity contribution in [3.63, 3.8) is 0 Å². The third-order valence-electron chi connectivity index (χ3n) is 6.67. The summed E-state index contributed by atoms with van der Waals surface area (Å²) >= 11 is 16.7. The van der Waals surface area contributed by atoms with Gasteiger partial charge >= 0.3 is 0 Å². The standard InChI is InChI=1S/C31H31BrCl2N6O4/c1-19-30(32)39-16-6-7-26(31(39)36-19)44-18-23-24(33)13-14-25(29(23)34)38(5)28(43)17-35-27(42)15-10-21-8-11-22(12-9-21)40(20(2)41)37(3)4/h6-16H,17-18H2,1-5H3,(H,35,42). The summed E-state index contributed by atoms with van der Waals surface area (Å²) < 4.78 is 8.75. The minimum Gasteiger partial charge on any atom is -0.485 e. The van der Waals surface area contributed by atoms with Crippen molar-refractivity contribution >= 4 is 80.0 Å². The molecule has 2 heterocycles. The Balaban J connectivity index is 1.37. The third kappa shape index (κ3) is 7.41. The van der Waals surface area contributed by atoms with Crippen LogP contribution in [-0.4, -0.2) is 59.8 Å². The van der Waals surface area contributed by atoms with Gasteiger partial charge in [0.15, 0.2) is 11.4 Å². The molecule has 0 bridgehead atoms. The van der Waals surface area contributed by atoms with E-state index in [1.807, 2.05) is 23.6 Å². The molecule has 0 fully saturated rings. The van der Waals surface area contributed by atoms with Gasteiger partial charge in [0.05, 0.1) is 28.6 Å². The van der Waals surface area contributed by atoms with Crippen LogP contribution in [0.25, 0.3) is 11.7 Å². The van der Waals surface area contributed by atoms with E-state index >= 15 is 0 Å². The van der Waals surface area contributed by atoms with E-state index in [2.05, 4.69) is 26.2 Å². The zero-order chi connectivity index (χ0) is 32.1. The molecule has 13 heteroatoms. The maximum Gasteiger partial charge on any atom is 0.246 e. The van der Waals surface area contributed by atoms with E-state index < -0.39 is 5.91 Å². The zero-order valence-corrected chi connectivity index (χ0v) is 27.9. The molecule has 4 rings (SSSR count). The lowest BCUT2D eigenvalue weighted by Gasteiger charge is -2.27. The highest BCUT2D eigenvalue weighted by molar-refractivity contribution is 9.10. The molecule has 0 aliphatic carbocycles. The van der Waals surface area contributed by atoms with Gasteiger partial charge in [0, 0.05) is 50.9 Å². The third-order valence-corrected chi connectivity index (χ3v) is 8.40. The number of ether oxygens (including phenoxy) is 1. The molecule has 4 aromatic rings. The van der Waals surface area contributed by atoms with Crippen molar-refractivity contribution in [1.82, 2.24) is 19.7 Å². The van der Waals surface area contributed by atoms with Gasteiger partial charge in [-0.05, 0) is 70.9 Å². The molecule has 0 spiro atoms. The number of nitrogens with zero attached hydrogens (tertiary/aromatic N) is 5. The van der Waals surface area contributed by atoms with Crippen molar-refractivity contribution in [2.45, 2.75) is 20.5 Å². The van der Waals surface area contributed by atoms with Crippen molar-refractivity contribution in [3.05, 3.63) is 92.3 Å². The average Bonchev–Trinajstić information content (AvgIpc) is 3.28. The molecule has 0 saturated carbocycles. The van der Waals surface area contributed by atoms with Crippen LogP contribution in [0.3, 0.4) is 0 Å². The fourth-order valence-corrected chi connectivity index (χ4v) is 5.42. The highest BCUT2D eigenvalue weighted by Crippen LogP contribution is 2.35. The molecule has 230 valence electrons. The number of rotatable bonds is 10. The fraction of sp³-hybridized carbons (Fsp3) is 0.226. The second-order valence-corrected chi connectivity index (χ2v) is 11.5. The van der Waals surface area contributed by atoms with E-state index in [0.29, 0.717) is 33.4 Å². The maximum atomic E-state index is 13.0. The number of aryl methyl sites for hydroxylation is 1. The first-order chi connectivity index (χ1) is 20.9. The summed E-state index contributed by atoms with van der Waals surface area (Å²) in [6.07, 6.45) is 4.82. The predicted molar refractivity (Wildman–Crippen MR) is 177 cm³/mol. The molecular formula is C31H31BrCl2N6O4. The topological polar surface area (TPSA) is 99.5 Å². The summed E-state index contributed by atoms with van der Waals surface area (Å²) in [7, 11) is 5.11. The molecule has 0 radical (unpaired) electrons. The monoisotopic (exact) mass is 700 g/mol. The van der Waals surface area contributed by atoms with E-state index in [1.165, 1.54) is 22.9 Å². The quantitative estimate of drug-likeness (QED) is 0.163. The van der Waals surface area contributed by atoms with Crippen LogP contribution in [0.1, 0.15) is 23.7 Å². The molecule has 1 N–H and O–H groups in total. The van der Waals surface area contributed by atoms with Gasteiger partial charge in [-0.15, -0.1) is 0 Å². The summed E-state index contributed by atoms with van der Waals surface area (Å²) in [6, 6.07) is 14.1. The van der Waals surface area contributed by atoms with Crippen LogP contribution < -0.4 is 20.0 Å². The molecule has 0 atom stereocenters. The van der Waals surface area contributed by atoms with E-state index in [-0.39, 0.29) is 30.0 Å². The van der Waals surface area contributed by atoms with Gasteiger partial charge in [-0.2, -0.15) is 0 Å². The first-order valence-electron chi connectivity index (χ1n) is 13.4. The number of aromatic nitrogens is 2. The molecule has 0 saturated heterocycles. The van der Waals surface area contributed by atoms with Crippen molar-refractivity contribution in [2.75, 3.05) is 37.6 Å². The molecule has 10 nitrogen and oxygen atoms in total. The van der Waals surface area contributed by atoms with Crippen LogP contribution in [0.15, 0.2) is 65.4 Å². The molecule has 0 aliphatic heterocycles. The SMILES string of the molecule is CC(=O)N(c1ccc(C=CC(=O)NCC(=O)N(C)c2ccc(Cl)c(COc3cccn4c(Br)c(C)nc34)c2Cl)cc1)N(C)C. The van der Waals surface area contributed by atoms with Gasteiger partial charge < -0.3 is 15.0 Å². The molecule has 2 aromatic heterocycles. The lowest BCUT2D eigenvalue weighted by atomic mass is 10.2. The fourth-order valence-electron chi connectivity index (χ4n) is 4.43. The van der Waals surface area contributed by atoms with Crippen LogP contribution in [0.2, 0.25) is 10.0 Å². The number of hydrogen-bond donors (Lipinski definition) is 1. The largest absolute Gasteiger partial charge is 0.485 e. The number of imidazole rings is 1. The van der Waals surface area contributed by atoms with Gasteiger partial charge in [0.25, 0.3) is 0 Å². The number of benzene rings is 2. The van der Waals surface area contributed by atoms with Crippen LogP contribution in [0, 0.1) is 6.92 Å². The number of likely N-dealkylation sites (N-methyl/N-ethyl adjacent to an activating group) is 1. The zero-order valence-electron chi connectivity index (χ0n) is 24.8. The maximum absolute atomic E-state index is 13.0. The number of halogens is 3. The van der Waals surface area contributed by atoms with Gasteiger partial charge in [-0.25, -0.2) is 15.0 Å². The Bertz CT molecular complexity index is 1740. The minimum absolute atomic E-state index is 0.0428. The Labute approximate surface area is 273 Å². The molecule has 0 unspecified atom stereocenters. The van der Waals surface area contributed by atoms with E-state index in [1.54, 1.807) is 74.7 Å². The van der Waals surface area contributed by atoms with Crippen LogP contribution >= 0.6 is 39.1 Å². The van der Waals surface area contributed by atoms with Crippen molar-refractivity contribution in [1.29, 1.82) is 0 Å². The number of pyridine rings is 1. The van der Waals surface area contributed by atoms with Gasteiger partial charge in [-0.1, -0.05) is 35.3 Å². The second kappa shape index (κ2) is 14.3. The van der Waals surface area contributed by atoms with E-state index in [0.717, 1.165) is 15.9 Å². The van der Waals surface area contributed by atoms with E-state index in [9.17, 15) is 14.4 Å². The normalized spacial score (nSPS) is 11.3. The van der Waals surface area contributed by atoms with Crippen LogP contribution in [0.4, 0.5) is 11.4 Å². The van der Waals surface area contributed by atoms with Gasteiger partial charge in [-0.3, -0.25) is 18.8 Å². The van der Waals surface area contributed by atoms with Crippen LogP contribution in [0.5, 0.6) is 5.75 Å². The number of hydrazine groups is 1. The summed E-state index contributed by atoms with van der Waals surface area (Å²) in [6.45, 7) is 3.16. The first-order valence-corrected chi connectivity index (χ1v) is 15.0. The summed E-state index contributed by atoms with van der Waals surface area (Å²) in [5.41, 5.74) is 3.83. The highest BCUT2D eigenvalue weighted by atomic mass is 79.9. The summed E-state index contributed by atoms with van der Waals surface area (Å²) in [5.74, 6) is -0.409. The highest BCUT2D eigenvalue weighted by Gasteiger charge is 2.20. The Morgan fingerprint density at radius 3 is 2.43 bits per heavy atom. The first kappa shape index (κ1) is 33.0. The Morgan fingerprint density at radius 2 is 1.77 bits per heavy atom. The molecule has 0 aliphatic rings. The number of fused-ring (bicyclic) bond motifs is 1. The number of carbonyl (C=O) groups excluding carboxylic acids is 3.